The number of aryl methyl sites for hydroxylation is 2. The summed E-state index contributed by atoms with van der Waals surface area (Å²) in [6, 6.07) is 89.0. The molecule has 0 aliphatic rings. The number of nitrogens with zero attached hydrogens (tertiary/aromatic N) is 3. The zero-order valence-corrected chi connectivity index (χ0v) is 61.0. The fraction of sp³-hybridized carbons (Fsp3) is 0.144. The lowest BCUT2D eigenvalue weighted by Gasteiger charge is -2.12. The maximum absolute atomic E-state index is 13.3. The fourth-order valence-electron chi connectivity index (χ4n) is 12.1. The van der Waals surface area contributed by atoms with Crippen LogP contribution in [0, 0.1) is 6.92 Å². The van der Waals surface area contributed by atoms with Gasteiger partial charge in [0.25, 0.3) is 11.8 Å². The van der Waals surface area contributed by atoms with Crippen LogP contribution in [-0.4, -0.2) is 72.2 Å². The topological polar surface area (TPSA) is 281 Å². The van der Waals surface area contributed by atoms with Gasteiger partial charge < -0.3 is 52.3 Å². The maximum atomic E-state index is 13.3. The van der Waals surface area contributed by atoms with Gasteiger partial charge >= 0.3 is 18.3 Å². The normalized spacial score (nSPS) is 10.7. The van der Waals surface area contributed by atoms with Crippen LogP contribution in [0.2, 0.25) is 0 Å². The molecule has 9 N–H and O–H groups in total. The number of carbonyl (C=O) groups is 6. The lowest BCUT2D eigenvalue weighted by atomic mass is 9.98. The van der Waals surface area contributed by atoms with E-state index in [9.17, 15) is 28.8 Å². The van der Waals surface area contributed by atoms with E-state index in [1.54, 1.807) is 0 Å². The molecule has 19 nitrogen and oxygen atoms in total. The van der Waals surface area contributed by atoms with Crippen LogP contribution < -0.4 is 38.1 Å². The van der Waals surface area contributed by atoms with E-state index < -0.39 is 18.3 Å². The van der Waals surface area contributed by atoms with Crippen molar-refractivity contribution in [3.8, 4) is 22.5 Å². The predicted octanol–water partition coefficient (Wildman–Crippen LogP) is 16.5. The van der Waals surface area contributed by atoms with Crippen LogP contribution >= 0.6 is 0 Å². The molecule has 0 fully saturated rings. The van der Waals surface area contributed by atoms with Crippen molar-refractivity contribution in [2.24, 2.45) is 11.5 Å². The van der Waals surface area contributed by atoms with Gasteiger partial charge in [-0.3, -0.25) is 19.4 Å². The summed E-state index contributed by atoms with van der Waals surface area (Å²) in [4.78, 5) is 86.5. The SMILES string of the molecule is COC(=O)NCc1ccc(CCC(=O)c2cc(C)nc3ccccc23)cc1.COC(=O)NCc1ccc(CN)cc1.COC(=O)NCc1ccc(CNC(=O)c2cc(-c3ccc4ccccc4c3)nc3ccccc23)cc1.NCc1ccc(CNC(=O)c2cc(-c3ccc4ccccc4c3)nc3ccccc23)cc1. The Hall–Kier alpha value is -13.5. The average Bonchev–Trinajstić information content (AvgIpc) is 0.789. The molecule has 109 heavy (non-hydrogen) atoms. The first-order valence-electron chi connectivity index (χ1n) is 35.6. The maximum Gasteiger partial charge on any atom is 0.407 e. The number of rotatable bonds is 20. The number of fused-ring (bicyclic) bond motifs is 5. The summed E-state index contributed by atoms with van der Waals surface area (Å²) in [6.07, 6.45) is -0.247. The monoisotopic (exact) mass is 1450 g/mol. The Morgan fingerprint density at radius 3 is 1.00 bits per heavy atom. The zero-order chi connectivity index (χ0) is 76.4. The summed E-state index contributed by atoms with van der Waals surface area (Å²) < 4.78 is 13.6. The van der Waals surface area contributed by atoms with E-state index in [0.29, 0.717) is 69.8 Å². The number of aromatic nitrogens is 3. The second-order valence-electron chi connectivity index (χ2n) is 25.6. The lowest BCUT2D eigenvalue weighted by Crippen LogP contribution is -2.23. The molecule has 0 saturated heterocycles. The molecule has 0 bridgehead atoms. The molecule has 3 aromatic heterocycles. The Labute approximate surface area is 632 Å². The number of ketones is 1. The highest BCUT2D eigenvalue weighted by atomic mass is 16.5. The average molecular weight is 1450 g/mol. The van der Waals surface area contributed by atoms with Gasteiger partial charge in [0.2, 0.25) is 0 Å². The first kappa shape index (κ1) is 76.6. The number of ether oxygens (including phenoxy) is 3. The van der Waals surface area contributed by atoms with Crippen molar-refractivity contribution in [1.82, 2.24) is 41.5 Å². The summed E-state index contributed by atoms with van der Waals surface area (Å²) in [5.74, 6) is -0.159. The quantitative estimate of drug-likeness (QED) is 0.0276. The summed E-state index contributed by atoms with van der Waals surface area (Å²) >= 11 is 0. The number of alkyl carbamates (subject to hydrolysis) is 3. The van der Waals surface area contributed by atoms with Crippen LogP contribution in [-0.2, 0) is 66.4 Å². The van der Waals surface area contributed by atoms with Crippen LogP contribution in [0.4, 0.5) is 14.4 Å². The molecule has 19 heteroatoms. The van der Waals surface area contributed by atoms with E-state index in [2.05, 4.69) is 100 Å². The predicted molar refractivity (Wildman–Crippen MR) is 430 cm³/mol. The number of nitrogens with two attached hydrogens (primary N) is 2. The summed E-state index contributed by atoms with van der Waals surface area (Å²) in [5, 5.41) is 21.1. The fourth-order valence-corrected chi connectivity index (χ4v) is 12.1. The van der Waals surface area contributed by atoms with E-state index >= 15 is 0 Å². The molecule has 3 heterocycles. The number of methoxy groups -OCH3 is 3. The van der Waals surface area contributed by atoms with Crippen LogP contribution in [0.25, 0.3) is 76.8 Å². The van der Waals surface area contributed by atoms with Crippen LogP contribution in [0.5, 0.6) is 0 Å². The van der Waals surface area contributed by atoms with E-state index in [1.807, 2.05) is 225 Å². The number of pyridine rings is 3. The molecule has 14 rings (SSSR count). The molecular formula is C90H84N10O9. The Bertz CT molecular complexity index is 5530. The minimum atomic E-state index is -0.473. The Balaban J connectivity index is 0.000000150. The van der Waals surface area contributed by atoms with Gasteiger partial charge in [0.1, 0.15) is 0 Å². The van der Waals surface area contributed by atoms with Gasteiger partial charge in [-0.05, 0) is 128 Å². The van der Waals surface area contributed by atoms with E-state index in [4.69, 9.17) is 21.4 Å². The third-order valence-corrected chi connectivity index (χ3v) is 18.1. The van der Waals surface area contributed by atoms with Crippen molar-refractivity contribution in [3.05, 3.63) is 340 Å². The lowest BCUT2D eigenvalue weighted by molar-refractivity contribution is 0.0944. The zero-order valence-electron chi connectivity index (χ0n) is 61.0. The highest BCUT2D eigenvalue weighted by Gasteiger charge is 2.18. The van der Waals surface area contributed by atoms with Crippen LogP contribution in [0.15, 0.2) is 273 Å². The Morgan fingerprint density at radius 2 is 0.633 bits per heavy atom. The van der Waals surface area contributed by atoms with Crippen molar-refractivity contribution >= 4 is 90.1 Å². The van der Waals surface area contributed by atoms with Crippen molar-refractivity contribution in [2.75, 3.05) is 21.3 Å². The number of hydrogen-bond acceptors (Lipinski definition) is 14. The smallest absolute Gasteiger partial charge is 0.407 e. The highest BCUT2D eigenvalue weighted by molar-refractivity contribution is 6.09. The van der Waals surface area contributed by atoms with Crippen molar-refractivity contribution in [2.45, 2.75) is 65.6 Å². The molecule has 0 aliphatic carbocycles. The minimum absolute atomic E-state index is 0.117. The third-order valence-electron chi connectivity index (χ3n) is 18.1. The molecule has 0 atom stereocenters. The molecule has 548 valence electrons. The molecule has 0 unspecified atom stereocenters. The number of amides is 5. The standard InChI is InChI=1S/C30H25N3O3.C28H23N3O.C22H22N2O3.C10H14N2O2/c1-36-30(35)32-19-21-12-10-20(11-13-21)18-31-29(34)26-17-28(33-27-9-5-4-8-25(26)27)24-15-14-22-6-2-3-7-23(22)16-24;29-17-19-9-11-20(12-10-19)18-30-28(32)25-16-27(31-26-8-4-3-7-24(25)26)23-14-13-21-5-1-2-6-22(21)15-23;1-15-13-19(18-5-3-4-6-20(18)24-15)21(25)12-11-16-7-9-17(10-8-16)14-23-22(26)27-2;1-14-10(13)12-7-9-4-2-8(6-11)3-5-9/h2-17H,18-19H2,1H3,(H,31,34)(H,32,35);1-16H,17-18,29H2,(H,30,32);3-10,13H,11-12,14H2,1-2H3,(H,23,26);2-5H,6-7,11H2,1H3,(H,12,13). The molecular weight excluding hydrogens is 1370 g/mol. The highest BCUT2D eigenvalue weighted by Crippen LogP contribution is 2.31. The summed E-state index contributed by atoms with van der Waals surface area (Å²) in [5.41, 5.74) is 28.0. The van der Waals surface area contributed by atoms with Crippen molar-refractivity contribution in [3.63, 3.8) is 0 Å². The van der Waals surface area contributed by atoms with E-state index in [0.717, 1.165) is 127 Å². The largest absolute Gasteiger partial charge is 0.453 e. The first-order chi connectivity index (χ1) is 53.1. The van der Waals surface area contributed by atoms with Crippen molar-refractivity contribution < 1.29 is 43.0 Å². The third kappa shape index (κ3) is 21.2. The van der Waals surface area contributed by atoms with Crippen molar-refractivity contribution in [1.29, 1.82) is 0 Å². The first-order valence-corrected chi connectivity index (χ1v) is 35.6. The van der Waals surface area contributed by atoms with Gasteiger partial charge in [-0.15, -0.1) is 0 Å². The second-order valence-corrected chi connectivity index (χ2v) is 25.6. The van der Waals surface area contributed by atoms with Gasteiger partial charge in [0, 0.05) is 90.8 Å². The van der Waals surface area contributed by atoms with Gasteiger partial charge in [-0.1, -0.05) is 224 Å². The molecule has 0 aliphatic heterocycles. The molecule has 0 saturated carbocycles. The van der Waals surface area contributed by atoms with Gasteiger partial charge in [-0.2, -0.15) is 0 Å². The molecule has 14 aromatic rings. The van der Waals surface area contributed by atoms with Crippen LogP contribution in [0.1, 0.15) is 87.7 Å². The number of hydrogen-bond donors (Lipinski definition) is 7. The molecule has 5 amide bonds. The number of nitrogens with one attached hydrogen (secondary N) is 5. The molecule has 0 radical (unpaired) electrons. The minimum Gasteiger partial charge on any atom is -0.453 e. The summed E-state index contributed by atoms with van der Waals surface area (Å²) in [6.45, 7) is 5.03. The Kier molecular flexibility index (Phi) is 26.7. The molecule has 0 spiro atoms. The van der Waals surface area contributed by atoms with Gasteiger partial charge in [-0.25, -0.2) is 24.4 Å². The number of carbonyl (C=O) groups excluding carboxylic acids is 6. The van der Waals surface area contributed by atoms with Gasteiger partial charge in [0.15, 0.2) is 5.78 Å². The van der Waals surface area contributed by atoms with E-state index in [1.165, 1.54) is 26.7 Å². The van der Waals surface area contributed by atoms with Gasteiger partial charge in [0.05, 0.1) is 60.4 Å². The second kappa shape index (κ2) is 38.0. The number of para-hydroxylation sites is 3. The summed E-state index contributed by atoms with van der Waals surface area (Å²) in [7, 11) is 4.01. The Morgan fingerprint density at radius 1 is 0.321 bits per heavy atom. The molecule has 11 aromatic carbocycles. The van der Waals surface area contributed by atoms with Crippen LogP contribution in [0.3, 0.4) is 0 Å². The number of benzene rings is 11. The van der Waals surface area contributed by atoms with E-state index in [-0.39, 0.29) is 17.6 Å². The number of Topliss-reactive ketones (excluding diaryl/α,β-unsaturated/α-hetero) is 1.